The molecule has 0 radical (unpaired) electrons. The number of piperidine rings is 1. The van der Waals surface area contributed by atoms with E-state index in [1.807, 2.05) is 13.8 Å². The summed E-state index contributed by atoms with van der Waals surface area (Å²) in [5.41, 5.74) is 1.82. The minimum Gasteiger partial charge on any atom is -0.316 e. The average molecular weight is 291 g/mol. The molecule has 6 nitrogen and oxygen atoms in total. The third-order valence-corrected chi connectivity index (χ3v) is 3.94. The summed E-state index contributed by atoms with van der Waals surface area (Å²) >= 11 is 0. The maximum atomic E-state index is 12.0. The van der Waals surface area contributed by atoms with Crippen LogP contribution in [0.4, 0.5) is 5.95 Å². The Bertz CT molecular complexity index is 471. The largest absolute Gasteiger partial charge is 0.316 e. The minimum atomic E-state index is -0.0197. The van der Waals surface area contributed by atoms with Gasteiger partial charge in [0.2, 0.25) is 11.9 Å². The fourth-order valence-corrected chi connectivity index (χ4v) is 2.68. The third kappa shape index (κ3) is 4.74. The lowest BCUT2D eigenvalue weighted by molar-refractivity contribution is -0.116. The van der Waals surface area contributed by atoms with E-state index in [0.29, 0.717) is 18.3 Å². The molecule has 1 amide bonds. The summed E-state index contributed by atoms with van der Waals surface area (Å²) in [4.78, 5) is 16.3. The molecule has 1 aliphatic rings. The van der Waals surface area contributed by atoms with Crippen LogP contribution in [0.1, 0.15) is 50.9 Å². The second kappa shape index (κ2) is 8.02. The number of hydrogen-bond acceptors (Lipinski definition) is 5. The number of aromatic nitrogens is 3. The molecule has 1 atom stereocenters. The summed E-state index contributed by atoms with van der Waals surface area (Å²) < 4.78 is 0. The van der Waals surface area contributed by atoms with Gasteiger partial charge in [-0.15, -0.1) is 10.2 Å². The lowest BCUT2D eigenvalue weighted by Gasteiger charge is -2.22. The van der Waals surface area contributed by atoms with Gasteiger partial charge < -0.3 is 5.32 Å². The molecule has 2 heterocycles. The van der Waals surface area contributed by atoms with Gasteiger partial charge in [0.1, 0.15) is 0 Å². The molecule has 0 saturated carbocycles. The number of hydrogen-bond donors (Lipinski definition) is 2. The second-order valence-corrected chi connectivity index (χ2v) is 5.54. The fraction of sp³-hybridized carbons (Fsp3) is 0.733. The van der Waals surface area contributed by atoms with Crippen molar-refractivity contribution in [2.75, 3.05) is 18.4 Å². The van der Waals surface area contributed by atoms with Crippen molar-refractivity contribution in [3.8, 4) is 0 Å². The Hall–Kier alpha value is -1.56. The lowest BCUT2D eigenvalue weighted by Crippen LogP contribution is -2.30. The summed E-state index contributed by atoms with van der Waals surface area (Å²) in [7, 11) is 0. The summed E-state index contributed by atoms with van der Waals surface area (Å²) in [6.07, 6.45) is 5.47. The molecule has 1 aromatic rings. The monoisotopic (exact) mass is 291 g/mol. The Morgan fingerprint density at radius 3 is 2.76 bits per heavy atom. The van der Waals surface area contributed by atoms with E-state index in [1.54, 1.807) is 0 Å². The number of carbonyl (C=O) groups excluding carboxylic acids is 1. The number of rotatable bonds is 6. The smallest absolute Gasteiger partial charge is 0.249 e. The van der Waals surface area contributed by atoms with Crippen LogP contribution in [-0.2, 0) is 17.6 Å². The van der Waals surface area contributed by atoms with Crippen molar-refractivity contribution in [1.29, 1.82) is 0 Å². The molecule has 1 aliphatic heterocycles. The lowest BCUT2D eigenvalue weighted by atomic mass is 9.94. The third-order valence-electron chi connectivity index (χ3n) is 3.94. The van der Waals surface area contributed by atoms with Crippen molar-refractivity contribution in [2.24, 2.45) is 5.92 Å². The van der Waals surface area contributed by atoms with E-state index >= 15 is 0 Å². The van der Waals surface area contributed by atoms with E-state index in [2.05, 4.69) is 25.8 Å². The maximum Gasteiger partial charge on any atom is 0.249 e. The van der Waals surface area contributed by atoms with Gasteiger partial charge in [0, 0.05) is 6.42 Å². The number of nitrogens with one attached hydrogen (secondary N) is 2. The van der Waals surface area contributed by atoms with Gasteiger partial charge in [-0.3, -0.25) is 10.1 Å². The highest BCUT2D eigenvalue weighted by molar-refractivity contribution is 5.88. The highest BCUT2D eigenvalue weighted by Gasteiger charge is 2.15. The number of aryl methyl sites for hydroxylation is 2. The number of carbonyl (C=O) groups is 1. The quantitative estimate of drug-likeness (QED) is 0.834. The summed E-state index contributed by atoms with van der Waals surface area (Å²) in [6.45, 7) is 6.19. The molecule has 0 aliphatic carbocycles. The summed E-state index contributed by atoms with van der Waals surface area (Å²) in [5, 5.41) is 14.3. The Balaban J connectivity index is 1.84. The minimum absolute atomic E-state index is 0.0197. The molecule has 21 heavy (non-hydrogen) atoms. The first-order chi connectivity index (χ1) is 10.2. The zero-order chi connectivity index (χ0) is 15.1. The Morgan fingerprint density at radius 1 is 1.29 bits per heavy atom. The molecule has 116 valence electrons. The van der Waals surface area contributed by atoms with Gasteiger partial charge in [-0.05, 0) is 51.1 Å². The average Bonchev–Trinajstić information content (AvgIpc) is 2.53. The molecule has 2 rings (SSSR count). The highest BCUT2D eigenvalue weighted by Crippen LogP contribution is 2.16. The molecule has 6 heteroatoms. The predicted octanol–water partition coefficient (Wildman–Crippen LogP) is 1.71. The van der Waals surface area contributed by atoms with Crippen LogP contribution in [0.2, 0.25) is 0 Å². The van der Waals surface area contributed by atoms with Gasteiger partial charge >= 0.3 is 0 Å². The van der Waals surface area contributed by atoms with Gasteiger partial charge in [-0.2, -0.15) is 0 Å². The predicted molar refractivity (Wildman–Crippen MR) is 82.0 cm³/mol. The van der Waals surface area contributed by atoms with Gasteiger partial charge in [0.25, 0.3) is 0 Å². The van der Waals surface area contributed by atoms with Gasteiger partial charge in [0.15, 0.2) is 0 Å². The van der Waals surface area contributed by atoms with Crippen molar-refractivity contribution in [3.63, 3.8) is 0 Å². The Kier molecular flexibility index (Phi) is 6.04. The zero-order valence-corrected chi connectivity index (χ0v) is 13.0. The van der Waals surface area contributed by atoms with Crippen molar-refractivity contribution in [3.05, 3.63) is 11.4 Å². The molecule has 1 fully saturated rings. The van der Waals surface area contributed by atoms with Crippen molar-refractivity contribution in [2.45, 2.75) is 52.4 Å². The normalized spacial score (nSPS) is 18.5. The zero-order valence-electron chi connectivity index (χ0n) is 13.0. The molecule has 0 spiro atoms. The van der Waals surface area contributed by atoms with E-state index in [4.69, 9.17) is 0 Å². The molecule has 1 aromatic heterocycles. The van der Waals surface area contributed by atoms with Crippen LogP contribution in [0, 0.1) is 5.92 Å². The topological polar surface area (TPSA) is 79.8 Å². The SMILES string of the molecule is CCc1nnc(NC(=O)CCC2CCCNC2)nc1CC. The molecule has 2 N–H and O–H groups in total. The van der Waals surface area contributed by atoms with Crippen molar-refractivity contribution < 1.29 is 4.79 Å². The van der Waals surface area contributed by atoms with Crippen LogP contribution in [0.15, 0.2) is 0 Å². The molecule has 0 aromatic carbocycles. The van der Waals surface area contributed by atoms with Crippen LogP contribution < -0.4 is 10.6 Å². The van der Waals surface area contributed by atoms with Crippen LogP contribution in [0.5, 0.6) is 0 Å². The first-order valence-electron chi connectivity index (χ1n) is 7.96. The summed E-state index contributed by atoms with van der Waals surface area (Å²) in [6, 6.07) is 0. The van der Waals surface area contributed by atoms with Gasteiger partial charge in [-0.1, -0.05) is 13.8 Å². The van der Waals surface area contributed by atoms with Crippen LogP contribution in [0.3, 0.4) is 0 Å². The molecule has 0 bridgehead atoms. The van der Waals surface area contributed by atoms with E-state index in [9.17, 15) is 4.79 Å². The van der Waals surface area contributed by atoms with Crippen LogP contribution >= 0.6 is 0 Å². The van der Waals surface area contributed by atoms with Gasteiger partial charge in [-0.25, -0.2) is 4.98 Å². The van der Waals surface area contributed by atoms with Crippen molar-refractivity contribution in [1.82, 2.24) is 20.5 Å². The maximum absolute atomic E-state index is 12.0. The first kappa shape index (κ1) is 15.8. The van der Waals surface area contributed by atoms with E-state index in [0.717, 1.165) is 43.7 Å². The van der Waals surface area contributed by atoms with E-state index in [1.165, 1.54) is 12.8 Å². The fourth-order valence-electron chi connectivity index (χ4n) is 2.68. The van der Waals surface area contributed by atoms with E-state index in [-0.39, 0.29) is 5.91 Å². The molecule has 1 unspecified atom stereocenters. The van der Waals surface area contributed by atoms with Gasteiger partial charge in [0.05, 0.1) is 11.4 Å². The first-order valence-corrected chi connectivity index (χ1v) is 7.96. The van der Waals surface area contributed by atoms with E-state index < -0.39 is 0 Å². The number of anilines is 1. The Labute approximate surface area is 126 Å². The standard InChI is InChI=1S/C15H25N5O/c1-3-12-13(4-2)19-20-15(17-12)18-14(21)8-7-11-6-5-9-16-10-11/h11,16H,3-10H2,1-2H3,(H,17,18,20,21). The Morgan fingerprint density at radius 2 is 2.10 bits per heavy atom. The second-order valence-electron chi connectivity index (χ2n) is 5.54. The molecule has 1 saturated heterocycles. The number of amides is 1. The van der Waals surface area contributed by atoms with Crippen LogP contribution in [0.25, 0.3) is 0 Å². The van der Waals surface area contributed by atoms with Crippen LogP contribution in [-0.4, -0.2) is 34.2 Å². The number of nitrogens with zero attached hydrogens (tertiary/aromatic N) is 3. The highest BCUT2D eigenvalue weighted by atomic mass is 16.1. The molecular formula is C15H25N5O. The van der Waals surface area contributed by atoms with Crippen molar-refractivity contribution >= 4 is 11.9 Å². The molecular weight excluding hydrogens is 266 g/mol. The summed E-state index contributed by atoms with van der Waals surface area (Å²) in [5.74, 6) is 0.918.